The maximum Gasteiger partial charge on any atom is 0.270 e. The van der Waals surface area contributed by atoms with E-state index < -0.39 is 0 Å². The maximum absolute atomic E-state index is 12.5. The molecule has 0 aliphatic rings. The first-order valence-corrected chi connectivity index (χ1v) is 9.00. The van der Waals surface area contributed by atoms with Crippen molar-refractivity contribution in [1.29, 1.82) is 0 Å². The van der Waals surface area contributed by atoms with Crippen LogP contribution in [0.15, 0.2) is 55.0 Å². The van der Waals surface area contributed by atoms with Crippen LogP contribution < -0.4 is 5.32 Å². The highest BCUT2D eigenvalue weighted by Gasteiger charge is 2.14. The molecule has 1 N–H and O–H groups in total. The molecule has 4 nitrogen and oxygen atoms in total. The third-order valence-electron chi connectivity index (χ3n) is 4.56. The Labute approximate surface area is 154 Å². The number of benzene rings is 2. The number of imidazole rings is 1. The molecule has 0 spiro atoms. The van der Waals surface area contributed by atoms with Crippen molar-refractivity contribution in [3.05, 3.63) is 71.8 Å². The van der Waals surface area contributed by atoms with Crippen LogP contribution in [0, 0.1) is 13.8 Å². The fourth-order valence-electron chi connectivity index (χ4n) is 3.02. The van der Waals surface area contributed by atoms with Crippen LogP contribution in [0.2, 0.25) is 0 Å². The van der Waals surface area contributed by atoms with E-state index in [1.54, 1.807) is 12.5 Å². The molecule has 3 aromatic rings. The SMILES string of the molecule is CCC(C)NC(=O)c1cncn1-c1ccc(-c2cc(C)cc(C)c2)cc1. The lowest BCUT2D eigenvalue weighted by Crippen LogP contribution is -2.33. The minimum atomic E-state index is -0.102. The standard InChI is InChI=1S/C22H25N3O/c1-5-17(4)24-22(26)21-13-23-14-25(21)20-8-6-18(7-9-20)19-11-15(2)10-16(3)12-19/h6-14,17H,5H2,1-4H3,(H,24,26). The van der Waals surface area contributed by atoms with Gasteiger partial charge in [0.05, 0.1) is 12.5 Å². The minimum absolute atomic E-state index is 0.102. The molecule has 1 unspecified atom stereocenters. The first-order chi connectivity index (χ1) is 12.5. The number of nitrogens with zero attached hydrogens (tertiary/aromatic N) is 2. The molecule has 2 aromatic carbocycles. The second-order valence-corrected chi connectivity index (χ2v) is 6.85. The number of amides is 1. The number of aromatic nitrogens is 2. The van der Waals surface area contributed by atoms with Crippen LogP contribution in [0.25, 0.3) is 16.8 Å². The van der Waals surface area contributed by atoms with E-state index in [4.69, 9.17) is 0 Å². The number of hydrogen-bond donors (Lipinski definition) is 1. The van der Waals surface area contributed by atoms with Crippen molar-refractivity contribution < 1.29 is 4.79 Å². The highest BCUT2D eigenvalue weighted by atomic mass is 16.2. The van der Waals surface area contributed by atoms with Gasteiger partial charge in [0.2, 0.25) is 0 Å². The predicted octanol–water partition coefficient (Wildman–Crippen LogP) is 4.68. The molecule has 0 fully saturated rings. The lowest BCUT2D eigenvalue weighted by molar-refractivity contribution is 0.0932. The van der Waals surface area contributed by atoms with Crippen molar-refractivity contribution in [3.63, 3.8) is 0 Å². The zero-order valence-corrected chi connectivity index (χ0v) is 15.8. The van der Waals surface area contributed by atoms with E-state index in [2.05, 4.69) is 54.5 Å². The number of carbonyl (C=O) groups is 1. The summed E-state index contributed by atoms with van der Waals surface area (Å²) in [5.74, 6) is -0.102. The molecule has 0 bridgehead atoms. The number of hydrogen-bond acceptors (Lipinski definition) is 2. The van der Waals surface area contributed by atoms with Gasteiger partial charge >= 0.3 is 0 Å². The average Bonchev–Trinajstić information content (AvgIpc) is 3.10. The second kappa shape index (κ2) is 7.56. The van der Waals surface area contributed by atoms with Crippen molar-refractivity contribution >= 4 is 5.91 Å². The van der Waals surface area contributed by atoms with Crippen LogP contribution in [0.4, 0.5) is 0 Å². The third kappa shape index (κ3) is 3.85. The maximum atomic E-state index is 12.5. The first-order valence-electron chi connectivity index (χ1n) is 9.00. The third-order valence-corrected chi connectivity index (χ3v) is 4.56. The Kier molecular flexibility index (Phi) is 5.21. The molecule has 1 heterocycles. The monoisotopic (exact) mass is 347 g/mol. The van der Waals surface area contributed by atoms with E-state index in [1.807, 2.05) is 30.5 Å². The Morgan fingerprint density at radius 2 is 1.73 bits per heavy atom. The van der Waals surface area contributed by atoms with Gasteiger partial charge < -0.3 is 5.32 Å². The molecule has 0 aliphatic heterocycles. The molecule has 26 heavy (non-hydrogen) atoms. The highest BCUT2D eigenvalue weighted by molar-refractivity contribution is 5.93. The normalized spacial score (nSPS) is 12.0. The smallest absolute Gasteiger partial charge is 0.270 e. The molecular weight excluding hydrogens is 322 g/mol. The second-order valence-electron chi connectivity index (χ2n) is 6.85. The van der Waals surface area contributed by atoms with Gasteiger partial charge in [-0.05, 0) is 50.5 Å². The summed E-state index contributed by atoms with van der Waals surface area (Å²) in [5, 5.41) is 2.99. The summed E-state index contributed by atoms with van der Waals surface area (Å²) in [6, 6.07) is 14.9. The topological polar surface area (TPSA) is 46.9 Å². The molecule has 1 atom stereocenters. The number of rotatable bonds is 5. The van der Waals surface area contributed by atoms with Gasteiger partial charge in [-0.2, -0.15) is 0 Å². The van der Waals surface area contributed by atoms with E-state index in [0.29, 0.717) is 5.69 Å². The highest BCUT2D eigenvalue weighted by Crippen LogP contribution is 2.24. The molecular formula is C22H25N3O. The van der Waals surface area contributed by atoms with Crippen LogP contribution in [0.5, 0.6) is 0 Å². The van der Waals surface area contributed by atoms with Gasteiger partial charge in [-0.15, -0.1) is 0 Å². The molecule has 4 heteroatoms. The van der Waals surface area contributed by atoms with Crippen LogP contribution in [-0.4, -0.2) is 21.5 Å². The van der Waals surface area contributed by atoms with Crippen molar-refractivity contribution in [1.82, 2.24) is 14.9 Å². The molecule has 134 valence electrons. The van der Waals surface area contributed by atoms with Crippen LogP contribution in [0.1, 0.15) is 41.9 Å². The fraction of sp³-hybridized carbons (Fsp3) is 0.273. The van der Waals surface area contributed by atoms with E-state index in [1.165, 1.54) is 16.7 Å². The van der Waals surface area contributed by atoms with Gasteiger partial charge in [-0.25, -0.2) is 4.98 Å². The first kappa shape index (κ1) is 17.9. The van der Waals surface area contributed by atoms with Crippen molar-refractivity contribution in [2.45, 2.75) is 40.2 Å². The summed E-state index contributed by atoms with van der Waals surface area (Å²) >= 11 is 0. The Balaban J connectivity index is 1.88. The molecule has 3 rings (SSSR count). The predicted molar refractivity (Wildman–Crippen MR) is 106 cm³/mol. The molecule has 1 aromatic heterocycles. The average molecular weight is 347 g/mol. The Morgan fingerprint density at radius 3 is 2.35 bits per heavy atom. The number of aryl methyl sites for hydroxylation is 2. The Bertz CT molecular complexity index is 889. The van der Waals surface area contributed by atoms with E-state index in [-0.39, 0.29) is 11.9 Å². The Hall–Kier alpha value is -2.88. The lowest BCUT2D eigenvalue weighted by Gasteiger charge is -2.13. The summed E-state index contributed by atoms with van der Waals surface area (Å²) in [4.78, 5) is 16.6. The van der Waals surface area contributed by atoms with Crippen LogP contribution in [-0.2, 0) is 0 Å². The Morgan fingerprint density at radius 1 is 1.08 bits per heavy atom. The summed E-state index contributed by atoms with van der Waals surface area (Å²) in [6.07, 6.45) is 4.18. The number of carbonyl (C=O) groups excluding carboxylic acids is 1. The molecule has 0 aliphatic carbocycles. The van der Waals surface area contributed by atoms with Gasteiger partial charge in [0, 0.05) is 11.7 Å². The van der Waals surface area contributed by atoms with Crippen molar-refractivity contribution in [2.24, 2.45) is 0 Å². The summed E-state index contributed by atoms with van der Waals surface area (Å²) in [7, 11) is 0. The van der Waals surface area contributed by atoms with E-state index in [9.17, 15) is 4.79 Å². The lowest BCUT2D eigenvalue weighted by atomic mass is 10.0. The summed E-state index contributed by atoms with van der Waals surface area (Å²) in [6.45, 7) is 8.27. The quantitative estimate of drug-likeness (QED) is 0.728. The van der Waals surface area contributed by atoms with Crippen molar-refractivity contribution in [3.8, 4) is 16.8 Å². The minimum Gasteiger partial charge on any atom is -0.348 e. The van der Waals surface area contributed by atoms with Gasteiger partial charge in [-0.3, -0.25) is 9.36 Å². The zero-order valence-electron chi connectivity index (χ0n) is 15.8. The van der Waals surface area contributed by atoms with Gasteiger partial charge in [0.25, 0.3) is 5.91 Å². The van der Waals surface area contributed by atoms with Gasteiger partial charge in [-0.1, -0.05) is 48.4 Å². The molecule has 0 saturated heterocycles. The van der Waals surface area contributed by atoms with Crippen molar-refractivity contribution in [2.75, 3.05) is 0 Å². The fourth-order valence-corrected chi connectivity index (χ4v) is 3.02. The summed E-state index contributed by atoms with van der Waals surface area (Å²) < 4.78 is 1.82. The van der Waals surface area contributed by atoms with Crippen LogP contribution in [0.3, 0.4) is 0 Å². The molecule has 1 amide bonds. The van der Waals surface area contributed by atoms with Gasteiger partial charge in [0.1, 0.15) is 5.69 Å². The number of nitrogens with one attached hydrogen (secondary N) is 1. The van der Waals surface area contributed by atoms with Gasteiger partial charge in [0.15, 0.2) is 0 Å². The molecule has 0 saturated carbocycles. The van der Waals surface area contributed by atoms with E-state index >= 15 is 0 Å². The summed E-state index contributed by atoms with van der Waals surface area (Å²) in [5.41, 5.74) is 6.33. The van der Waals surface area contributed by atoms with E-state index in [0.717, 1.165) is 17.7 Å². The largest absolute Gasteiger partial charge is 0.348 e. The van der Waals surface area contributed by atoms with Crippen LogP contribution >= 0.6 is 0 Å². The molecule has 0 radical (unpaired) electrons. The zero-order chi connectivity index (χ0) is 18.7.